The summed E-state index contributed by atoms with van der Waals surface area (Å²) in [4.78, 5) is 38.3. The van der Waals surface area contributed by atoms with Gasteiger partial charge in [0, 0.05) is 28.2 Å². The molecule has 26 heavy (non-hydrogen) atoms. The highest BCUT2D eigenvalue weighted by Gasteiger charge is 2.20. The zero-order valence-electron chi connectivity index (χ0n) is 15.2. The minimum Gasteiger partial charge on any atom is -0.469 e. The summed E-state index contributed by atoms with van der Waals surface area (Å²) in [5.41, 5.74) is 1.51. The molecule has 0 saturated carbocycles. The van der Waals surface area contributed by atoms with Crippen molar-refractivity contribution in [2.75, 3.05) is 7.11 Å². The van der Waals surface area contributed by atoms with Crippen molar-refractivity contribution in [1.82, 2.24) is 5.32 Å². The Bertz CT molecular complexity index is 782. The molecule has 138 valence electrons. The van der Waals surface area contributed by atoms with Crippen molar-refractivity contribution in [2.45, 2.75) is 39.2 Å². The number of ether oxygens (including phenoxy) is 1. The van der Waals surface area contributed by atoms with Gasteiger partial charge in [0.25, 0.3) is 0 Å². The van der Waals surface area contributed by atoms with E-state index in [-0.39, 0.29) is 31.0 Å². The van der Waals surface area contributed by atoms with Crippen LogP contribution in [0.15, 0.2) is 36.4 Å². The zero-order valence-corrected chi connectivity index (χ0v) is 16.0. The smallest absolute Gasteiger partial charge is 0.307 e. The molecule has 0 unspecified atom stereocenters. The molecular weight excluding hydrogens is 350 g/mol. The van der Waals surface area contributed by atoms with Crippen LogP contribution in [0.25, 0.3) is 0 Å². The zero-order chi connectivity index (χ0) is 19.1. The van der Waals surface area contributed by atoms with Gasteiger partial charge in [-0.2, -0.15) is 0 Å². The number of aryl methyl sites for hydroxylation is 2. The largest absolute Gasteiger partial charge is 0.469 e. The van der Waals surface area contributed by atoms with Crippen LogP contribution in [0.1, 0.15) is 51.0 Å². The highest BCUT2D eigenvalue weighted by molar-refractivity contribution is 7.12. The van der Waals surface area contributed by atoms with Gasteiger partial charge in [-0.05, 0) is 25.5 Å². The average Bonchev–Trinajstić information content (AvgIpc) is 2.98. The molecule has 1 atom stereocenters. The number of hydrogen-bond acceptors (Lipinski definition) is 5. The van der Waals surface area contributed by atoms with E-state index in [1.165, 1.54) is 7.11 Å². The van der Waals surface area contributed by atoms with Crippen LogP contribution < -0.4 is 5.32 Å². The first-order valence-electron chi connectivity index (χ1n) is 8.42. The van der Waals surface area contributed by atoms with Gasteiger partial charge < -0.3 is 10.1 Å². The summed E-state index contributed by atoms with van der Waals surface area (Å²) in [5.74, 6) is -0.702. The summed E-state index contributed by atoms with van der Waals surface area (Å²) in [6, 6.07) is 10.6. The predicted molar refractivity (Wildman–Crippen MR) is 101 cm³/mol. The van der Waals surface area contributed by atoms with Gasteiger partial charge in [-0.3, -0.25) is 14.4 Å². The number of carbonyl (C=O) groups is 3. The lowest BCUT2D eigenvalue weighted by molar-refractivity contribution is -0.141. The first-order chi connectivity index (χ1) is 12.4. The third-order valence-electron chi connectivity index (χ3n) is 4.06. The predicted octanol–water partition coefficient (Wildman–Crippen LogP) is 3.75. The highest BCUT2D eigenvalue weighted by Crippen LogP contribution is 2.22. The minimum atomic E-state index is -0.476. The number of thiophene rings is 1. The number of hydrogen-bond donors (Lipinski definition) is 1. The molecule has 0 aliphatic heterocycles. The van der Waals surface area contributed by atoms with Crippen LogP contribution in [-0.2, 0) is 14.3 Å². The maximum absolute atomic E-state index is 12.3. The Balaban J connectivity index is 1.97. The maximum atomic E-state index is 12.3. The van der Waals surface area contributed by atoms with E-state index in [2.05, 4.69) is 5.32 Å². The van der Waals surface area contributed by atoms with Crippen molar-refractivity contribution < 1.29 is 19.1 Å². The van der Waals surface area contributed by atoms with Crippen LogP contribution in [0.4, 0.5) is 0 Å². The first-order valence-corrected chi connectivity index (χ1v) is 9.23. The molecule has 1 aromatic heterocycles. The molecule has 2 rings (SSSR count). The Labute approximate surface area is 157 Å². The molecule has 6 heteroatoms. The highest BCUT2D eigenvalue weighted by atomic mass is 32.1. The lowest BCUT2D eigenvalue weighted by Gasteiger charge is -2.18. The van der Waals surface area contributed by atoms with E-state index in [0.717, 1.165) is 15.3 Å². The second kappa shape index (κ2) is 9.29. The Morgan fingerprint density at radius 1 is 1.12 bits per heavy atom. The van der Waals surface area contributed by atoms with Gasteiger partial charge in [0.1, 0.15) is 0 Å². The van der Waals surface area contributed by atoms with Gasteiger partial charge in [0.2, 0.25) is 5.91 Å². The first kappa shape index (κ1) is 19.8. The van der Waals surface area contributed by atoms with Gasteiger partial charge in [-0.25, -0.2) is 0 Å². The van der Waals surface area contributed by atoms with Crippen molar-refractivity contribution in [3.05, 3.63) is 57.3 Å². The third-order valence-corrected chi connectivity index (χ3v) is 5.02. The second-order valence-corrected chi connectivity index (χ2v) is 7.52. The van der Waals surface area contributed by atoms with E-state index in [0.29, 0.717) is 5.56 Å². The van der Waals surface area contributed by atoms with E-state index in [1.54, 1.807) is 11.3 Å². The summed E-state index contributed by atoms with van der Waals surface area (Å²) in [6.07, 6.45) is 0.267. The van der Waals surface area contributed by atoms with Crippen molar-refractivity contribution in [1.29, 1.82) is 0 Å². The molecule has 1 aromatic carbocycles. The molecular formula is C20H23NO4S. The molecule has 0 fully saturated rings. The number of benzene rings is 1. The van der Waals surface area contributed by atoms with E-state index >= 15 is 0 Å². The molecule has 0 bridgehead atoms. The molecule has 0 aliphatic carbocycles. The van der Waals surface area contributed by atoms with Gasteiger partial charge in [-0.1, -0.05) is 30.3 Å². The fourth-order valence-electron chi connectivity index (χ4n) is 2.72. The van der Waals surface area contributed by atoms with Gasteiger partial charge in [0.15, 0.2) is 5.78 Å². The van der Waals surface area contributed by atoms with Crippen LogP contribution in [0.5, 0.6) is 0 Å². The Morgan fingerprint density at radius 3 is 2.38 bits per heavy atom. The van der Waals surface area contributed by atoms with Crippen molar-refractivity contribution >= 4 is 29.0 Å². The van der Waals surface area contributed by atoms with Crippen LogP contribution in [0, 0.1) is 13.8 Å². The Kier molecular flexibility index (Phi) is 7.09. The molecule has 2 aromatic rings. The van der Waals surface area contributed by atoms with E-state index in [9.17, 15) is 14.4 Å². The monoisotopic (exact) mass is 373 g/mol. The average molecular weight is 373 g/mol. The van der Waals surface area contributed by atoms with E-state index < -0.39 is 12.0 Å². The molecule has 1 heterocycles. The number of carbonyl (C=O) groups excluding carboxylic acids is 3. The maximum Gasteiger partial charge on any atom is 0.307 e. The molecule has 5 nitrogen and oxygen atoms in total. The van der Waals surface area contributed by atoms with Crippen LogP contribution >= 0.6 is 11.3 Å². The van der Waals surface area contributed by atoms with Crippen LogP contribution in [0.3, 0.4) is 0 Å². The van der Waals surface area contributed by atoms with Crippen LogP contribution in [-0.4, -0.2) is 24.8 Å². The molecule has 1 N–H and O–H groups in total. The second-order valence-electron chi connectivity index (χ2n) is 6.06. The lowest BCUT2D eigenvalue weighted by Crippen LogP contribution is -2.30. The fourth-order valence-corrected chi connectivity index (χ4v) is 3.67. The normalized spacial score (nSPS) is 11.7. The van der Waals surface area contributed by atoms with Gasteiger partial charge >= 0.3 is 5.97 Å². The Hall–Kier alpha value is -2.47. The van der Waals surface area contributed by atoms with Crippen LogP contribution in [0.2, 0.25) is 0 Å². The summed E-state index contributed by atoms with van der Waals surface area (Å²) in [6.45, 7) is 3.87. The number of amides is 1. The molecule has 1 amide bonds. The van der Waals surface area contributed by atoms with Crippen molar-refractivity contribution in [2.24, 2.45) is 0 Å². The summed E-state index contributed by atoms with van der Waals surface area (Å²) >= 11 is 1.58. The number of esters is 1. The Morgan fingerprint density at radius 2 is 1.81 bits per heavy atom. The molecule has 0 aliphatic rings. The van der Waals surface area contributed by atoms with Crippen molar-refractivity contribution in [3.8, 4) is 0 Å². The molecule has 0 spiro atoms. The summed E-state index contributed by atoms with van der Waals surface area (Å²) < 4.78 is 4.71. The van der Waals surface area contributed by atoms with Gasteiger partial charge in [-0.15, -0.1) is 11.3 Å². The van der Waals surface area contributed by atoms with E-state index in [4.69, 9.17) is 4.74 Å². The number of rotatable bonds is 8. The topological polar surface area (TPSA) is 72.5 Å². The minimum absolute atomic E-state index is 0.0359. The fraction of sp³-hybridized carbons (Fsp3) is 0.350. The SMILES string of the molecule is COC(=O)C[C@H](NC(=O)CCC(=O)c1cc(C)sc1C)c1ccccc1. The number of ketones is 1. The van der Waals surface area contributed by atoms with E-state index in [1.807, 2.05) is 50.2 Å². The molecule has 0 radical (unpaired) electrons. The summed E-state index contributed by atoms with van der Waals surface area (Å²) in [7, 11) is 1.32. The number of Topliss-reactive ketones (excluding diaryl/α,β-unsaturated/α-hetero) is 1. The quantitative estimate of drug-likeness (QED) is 0.565. The van der Waals surface area contributed by atoms with Gasteiger partial charge in [0.05, 0.1) is 19.6 Å². The molecule has 0 saturated heterocycles. The third kappa shape index (κ3) is 5.52. The summed E-state index contributed by atoms with van der Waals surface area (Å²) in [5, 5.41) is 2.84. The number of methoxy groups -OCH3 is 1. The lowest BCUT2D eigenvalue weighted by atomic mass is 10.0. The number of nitrogens with one attached hydrogen (secondary N) is 1. The van der Waals surface area contributed by atoms with Crippen molar-refractivity contribution in [3.63, 3.8) is 0 Å². The standard InChI is InChI=1S/C20H23NO4S/c1-13-11-16(14(2)26-13)18(22)9-10-19(23)21-17(12-20(24)25-3)15-7-5-4-6-8-15/h4-8,11,17H,9-10,12H2,1-3H3,(H,21,23)/t17-/m0/s1.